The molecule has 3 aromatic rings. The Morgan fingerprint density at radius 1 is 0.958 bits per heavy atom. The van der Waals surface area contributed by atoms with Gasteiger partial charge >= 0.3 is 6.18 Å². The molecule has 124 valence electrons. The molecule has 0 amide bonds. The molecule has 1 heterocycles. The van der Waals surface area contributed by atoms with E-state index in [1.807, 2.05) is 0 Å². The van der Waals surface area contributed by atoms with Gasteiger partial charge in [-0.1, -0.05) is 11.3 Å². The van der Waals surface area contributed by atoms with Crippen molar-refractivity contribution in [2.75, 3.05) is 5.32 Å². The highest BCUT2D eigenvalue weighted by Crippen LogP contribution is 2.36. The number of rotatable bonds is 3. The van der Waals surface area contributed by atoms with Crippen molar-refractivity contribution in [2.24, 2.45) is 0 Å². The van der Waals surface area contributed by atoms with E-state index in [0.717, 1.165) is 23.5 Å². The first kappa shape index (κ1) is 16.1. The van der Waals surface area contributed by atoms with E-state index >= 15 is 0 Å². The minimum Gasteiger partial charge on any atom is -0.508 e. The molecule has 0 fully saturated rings. The van der Waals surface area contributed by atoms with Gasteiger partial charge in [-0.3, -0.25) is 0 Å². The van der Waals surface area contributed by atoms with E-state index in [-0.39, 0.29) is 11.5 Å². The quantitative estimate of drug-likeness (QED) is 0.651. The Bertz CT molecular complexity index is 863. The molecule has 0 aliphatic rings. The third-order valence-corrected chi connectivity index (χ3v) is 3.97. The number of alkyl halides is 3. The van der Waals surface area contributed by atoms with E-state index in [2.05, 4.69) is 15.5 Å². The molecule has 0 radical (unpaired) electrons. The maximum Gasteiger partial charge on any atom is 0.416 e. The van der Waals surface area contributed by atoms with Crippen LogP contribution in [-0.2, 0) is 6.18 Å². The van der Waals surface area contributed by atoms with Gasteiger partial charge in [0, 0.05) is 11.8 Å². The molecule has 0 saturated carbocycles. The molecular formula is C15H10F3N3O2S. The molecule has 0 atom stereocenters. The van der Waals surface area contributed by atoms with Crippen LogP contribution in [0.15, 0.2) is 42.5 Å². The third-order valence-electron chi connectivity index (χ3n) is 3.10. The van der Waals surface area contributed by atoms with Gasteiger partial charge in [0.1, 0.15) is 11.5 Å². The summed E-state index contributed by atoms with van der Waals surface area (Å²) in [7, 11) is 0. The highest BCUT2D eigenvalue weighted by atomic mass is 32.1. The zero-order valence-electron chi connectivity index (χ0n) is 11.9. The average Bonchev–Trinajstić information content (AvgIpc) is 2.95. The first-order valence-electron chi connectivity index (χ1n) is 6.63. The molecule has 1 aromatic heterocycles. The fraction of sp³-hybridized carbons (Fsp3) is 0.0667. The van der Waals surface area contributed by atoms with Crippen molar-refractivity contribution in [3.63, 3.8) is 0 Å². The third kappa shape index (κ3) is 3.40. The maximum absolute atomic E-state index is 12.5. The number of aromatic nitrogens is 2. The average molecular weight is 353 g/mol. The molecule has 0 bridgehead atoms. The Balaban J connectivity index is 1.79. The van der Waals surface area contributed by atoms with E-state index in [1.165, 1.54) is 30.3 Å². The smallest absolute Gasteiger partial charge is 0.416 e. The number of aromatic hydroxyl groups is 2. The van der Waals surface area contributed by atoms with E-state index < -0.39 is 11.7 Å². The second kappa shape index (κ2) is 6.00. The van der Waals surface area contributed by atoms with Crippen molar-refractivity contribution in [2.45, 2.75) is 6.18 Å². The molecule has 3 N–H and O–H groups in total. The summed E-state index contributed by atoms with van der Waals surface area (Å²) in [5.74, 6) is -0.226. The van der Waals surface area contributed by atoms with Gasteiger partial charge in [0.05, 0.1) is 11.1 Å². The Morgan fingerprint density at radius 2 is 1.67 bits per heavy atom. The molecule has 9 heteroatoms. The number of nitrogens with one attached hydrogen (secondary N) is 1. The topological polar surface area (TPSA) is 78.3 Å². The van der Waals surface area contributed by atoms with Crippen molar-refractivity contribution < 1.29 is 23.4 Å². The normalized spacial score (nSPS) is 11.5. The van der Waals surface area contributed by atoms with Crippen LogP contribution in [0.4, 0.5) is 24.0 Å². The highest BCUT2D eigenvalue weighted by molar-refractivity contribution is 7.18. The molecule has 0 aliphatic heterocycles. The van der Waals surface area contributed by atoms with Crippen LogP contribution in [0.5, 0.6) is 11.5 Å². The van der Waals surface area contributed by atoms with Crippen LogP contribution < -0.4 is 5.32 Å². The zero-order chi connectivity index (χ0) is 17.3. The lowest BCUT2D eigenvalue weighted by molar-refractivity contribution is -0.137. The summed E-state index contributed by atoms with van der Waals surface area (Å²) in [6.45, 7) is 0. The minimum atomic E-state index is -4.38. The number of phenolic OH excluding ortho intramolecular Hbond substituents is 2. The molecule has 0 aliphatic carbocycles. The van der Waals surface area contributed by atoms with Gasteiger partial charge < -0.3 is 15.5 Å². The van der Waals surface area contributed by atoms with Crippen LogP contribution in [0.2, 0.25) is 0 Å². The van der Waals surface area contributed by atoms with Crippen molar-refractivity contribution in [3.05, 3.63) is 48.0 Å². The maximum atomic E-state index is 12.5. The highest BCUT2D eigenvalue weighted by Gasteiger charge is 2.29. The second-order valence-electron chi connectivity index (χ2n) is 4.81. The lowest BCUT2D eigenvalue weighted by Gasteiger charge is -2.07. The summed E-state index contributed by atoms with van der Waals surface area (Å²) in [4.78, 5) is 0. The Morgan fingerprint density at radius 3 is 2.29 bits per heavy atom. The lowest BCUT2D eigenvalue weighted by atomic mass is 10.2. The van der Waals surface area contributed by atoms with Gasteiger partial charge in [-0.05, 0) is 36.4 Å². The molecule has 24 heavy (non-hydrogen) atoms. The summed E-state index contributed by atoms with van der Waals surface area (Å²) in [6, 6.07) is 8.60. The fourth-order valence-corrected chi connectivity index (χ4v) is 2.75. The molecule has 0 unspecified atom stereocenters. The van der Waals surface area contributed by atoms with Crippen molar-refractivity contribution >= 4 is 22.2 Å². The SMILES string of the molecule is Oc1ccc(-c2nnc(Nc3ccc(C(F)(F)F)cc3)s2)c(O)c1. The molecule has 0 saturated heterocycles. The van der Waals surface area contributed by atoms with Gasteiger partial charge in [-0.25, -0.2) is 0 Å². The molecule has 3 rings (SSSR count). The van der Waals surface area contributed by atoms with Gasteiger partial charge in [0.15, 0.2) is 5.01 Å². The predicted molar refractivity (Wildman–Crippen MR) is 83.4 cm³/mol. The Labute approximate surface area is 138 Å². The molecule has 0 spiro atoms. The fourth-order valence-electron chi connectivity index (χ4n) is 1.95. The van der Waals surface area contributed by atoms with Gasteiger partial charge in [0.25, 0.3) is 0 Å². The number of hydrogen-bond acceptors (Lipinski definition) is 6. The van der Waals surface area contributed by atoms with Crippen LogP contribution in [-0.4, -0.2) is 20.4 Å². The summed E-state index contributed by atoms with van der Waals surface area (Å²) < 4.78 is 37.6. The number of benzene rings is 2. The lowest BCUT2D eigenvalue weighted by Crippen LogP contribution is -2.04. The summed E-state index contributed by atoms with van der Waals surface area (Å²) in [6.07, 6.45) is -4.38. The number of halogens is 3. The largest absolute Gasteiger partial charge is 0.508 e. The minimum absolute atomic E-state index is 0.0798. The Kier molecular flexibility index (Phi) is 4.02. The number of hydrogen-bond donors (Lipinski definition) is 3. The molecule has 2 aromatic carbocycles. The van der Waals surface area contributed by atoms with Crippen LogP contribution in [0, 0.1) is 0 Å². The molecule has 5 nitrogen and oxygen atoms in total. The van der Waals surface area contributed by atoms with Crippen molar-refractivity contribution in [1.82, 2.24) is 10.2 Å². The number of nitrogens with zero attached hydrogens (tertiary/aromatic N) is 2. The summed E-state index contributed by atoms with van der Waals surface area (Å²) in [5.41, 5.74) is 0.0893. The van der Waals surface area contributed by atoms with E-state index in [1.54, 1.807) is 0 Å². The van der Waals surface area contributed by atoms with Gasteiger partial charge in [-0.15, -0.1) is 10.2 Å². The molecular weight excluding hydrogens is 343 g/mol. The van der Waals surface area contributed by atoms with Crippen LogP contribution in [0.25, 0.3) is 10.6 Å². The van der Waals surface area contributed by atoms with Gasteiger partial charge in [-0.2, -0.15) is 13.2 Å². The zero-order valence-corrected chi connectivity index (χ0v) is 12.7. The summed E-state index contributed by atoms with van der Waals surface area (Å²) in [5, 5.41) is 30.5. The predicted octanol–water partition coefficient (Wildman–Crippen LogP) is 4.38. The van der Waals surface area contributed by atoms with Crippen molar-refractivity contribution in [1.29, 1.82) is 0 Å². The van der Waals surface area contributed by atoms with Crippen LogP contribution in [0.3, 0.4) is 0 Å². The van der Waals surface area contributed by atoms with E-state index in [9.17, 15) is 23.4 Å². The second-order valence-corrected chi connectivity index (χ2v) is 5.79. The van der Waals surface area contributed by atoms with E-state index in [0.29, 0.717) is 21.4 Å². The number of phenols is 2. The Hall–Kier alpha value is -2.81. The van der Waals surface area contributed by atoms with Gasteiger partial charge in [0.2, 0.25) is 5.13 Å². The van der Waals surface area contributed by atoms with Crippen LogP contribution in [0.1, 0.15) is 5.56 Å². The van der Waals surface area contributed by atoms with Crippen molar-refractivity contribution in [3.8, 4) is 22.1 Å². The monoisotopic (exact) mass is 353 g/mol. The van der Waals surface area contributed by atoms with Crippen LogP contribution >= 0.6 is 11.3 Å². The summed E-state index contributed by atoms with van der Waals surface area (Å²) >= 11 is 1.11. The first-order valence-corrected chi connectivity index (χ1v) is 7.45. The standard InChI is InChI=1S/C15H10F3N3O2S/c16-15(17,18)8-1-3-9(4-2-8)19-14-21-20-13(24-14)11-6-5-10(22)7-12(11)23/h1-7,22-23H,(H,19,21). The van der Waals surface area contributed by atoms with E-state index in [4.69, 9.17) is 0 Å². The first-order chi connectivity index (χ1) is 11.3. The number of anilines is 2.